The molecule has 2 heterocycles. The maximum absolute atomic E-state index is 6.43. The van der Waals surface area contributed by atoms with Gasteiger partial charge in [0.05, 0.1) is 5.39 Å². The molecule has 0 aliphatic heterocycles. The highest BCUT2D eigenvalue weighted by Gasteiger charge is 2.12. The quantitative estimate of drug-likeness (QED) is 0.332. The summed E-state index contributed by atoms with van der Waals surface area (Å²) in [6, 6.07) is 19.7. The summed E-state index contributed by atoms with van der Waals surface area (Å²) in [5.74, 6) is 1.39. The first-order valence-corrected chi connectivity index (χ1v) is 9.08. The summed E-state index contributed by atoms with van der Waals surface area (Å²) >= 11 is 6.43. The van der Waals surface area contributed by atoms with Crippen molar-refractivity contribution < 1.29 is 4.74 Å². The average Bonchev–Trinajstić information content (AvgIpc) is 3.14. The Bertz CT molecular complexity index is 1090. The van der Waals surface area contributed by atoms with Crippen LogP contribution in [0.15, 0.2) is 79.0 Å². The third kappa shape index (κ3) is 3.57. The van der Waals surface area contributed by atoms with Crippen molar-refractivity contribution in [3.63, 3.8) is 0 Å². The lowest BCUT2D eigenvalue weighted by atomic mass is 10.2. The van der Waals surface area contributed by atoms with Gasteiger partial charge in [0.15, 0.2) is 5.82 Å². The van der Waals surface area contributed by atoms with Crippen molar-refractivity contribution in [1.82, 2.24) is 14.5 Å². The van der Waals surface area contributed by atoms with Gasteiger partial charge in [-0.25, -0.2) is 9.97 Å². The van der Waals surface area contributed by atoms with Crippen LogP contribution in [0.25, 0.3) is 28.1 Å². The SMILES string of the molecule is CC=CCOc1ccc(-c2nc(Cl)c3ccn(-c4ccccc4)c3n2)cc1. The first kappa shape index (κ1) is 17.3. The van der Waals surface area contributed by atoms with E-state index in [1.165, 1.54) is 0 Å². The zero-order valence-corrected chi connectivity index (χ0v) is 15.6. The van der Waals surface area contributed by atoms with Crippen LogP contribution in [-0.4, -0.2) is 21.1 Å². The molecule has 4 aromatic rings. The second-order valence-electron chi connectivity index (χ2n) is 6.00. The van der Waals surface area contributed by atoms with Gasteiger partial charge in [-0.2, -0.15) is 0 Å². The Labute approximate surface area is 162 Å². The molecule has 0 saturated heterocycles. The summed E-state index contributed by atoms with van der Waals surface area (Å²) in [7, 11) is 0. The fourth-order valence-corrected chi connectivity index (χ4v) is 3.07. The molecule has 0 bridgehead atoms. The molecule has 2 aromatic heterocycles. The second kappa shape index (κ2) is 7.64. The summed E-state index contributed by atoms with van der Waals surface area (Å²) in [5.41, 5.74) is 2.70. The Kier molecular flexibility index (Phi) is 4.90. The number of rotatable bonds is 5. The van der Waals surface area contributed by atoms with E-state index in [-0.39, 0.29) is 0 Å². The molecule has 0 aliphatic carbocycles. The van der Waals surface area contributed by atoms with E-state index in [2.05, 4.69) is 4.98 Å². The van der Waals surface area contributed by atoms with Gasteiger partial charge in [-0.1, -0.05) is 42.0 Å². The van der Waals surface area contributed by atoms with Crippen molar-refractivity contribution in [2.24, 2.45) is 0 Å². The molecule has 0 atom stereocenters. The van der Waals surface area contributed by atoms with Gasteiger partial charge >= 0.3 is 0 Å². The summed E-state index contributed by atoms with van der Waals surface area (Å²) in [5, 5.41) is 1.27. The van der Waals surface area contributed by atoms with E-state index < -0.39 is 0 Å². The molecule has 4 rings (SSSR count). The number of nitrogens with zero attached hydrogens (tertiary/aromatic N) is 3. The monoisotopic (exact) mass is 375 g/mol. The van der Waals surface area contributed by atoms with E-state index in [9.17, 15) is 0 Å². The third-order valence-corrected chi connectivity index (χ3v) is 4.51. The predicted octanol–water partition coefficient (Wildman–Crippen LogP) is 5.70. The van der Waals surface area contributed by atoms with Crippen LogP contribution in [0.3, 0.4) is 0 Å². The minimum atomic E-state index is 0.443. The third-order valence-electron chi connectivity index (χ3n) is 4.23. The number of allylic oxidation sites excluding steroid dienone is 1. The molecule has 134 valence electrons. The summed E-state index contributed by atoms with van der Waals surface area (Å²) in [4.78, 5) is 9.24. The molecular weight excluding hydrogens is 358 g/mol. The van der Waals surface area contributed by atoms with Crippen LogP contribution < -0.4 is 4.74 Å². The number of hydrogen-bond acceptors (Lipinski definition) is 3. The molecule has 2 aromatic carbocycles. The first-order valence-electron chi connectivity index (χ1n) is 8.70. The van der Waals surface area contributed by atoms with Crippen molar-refractivity contribution in [3.8, 4) is 22.8 Å². The van der Waals surface area contributed by atoms with Gasteiger partial charge in [-0.05, 0) is 49.4 Å². The van der Waals surface area contributed by atoms with Gasteiger partial charge in [-0.15, -0.1) is 0 Å². The number of fused-ring (bicyclic) bond motifs is 1. The molecule has 0 radical (unpaired) electrons. The Hall–Kier alpha value is -3.11. The van der Waals surface area contributed by atoms with Crippen LogP contribution in [0.4, 0.5) is 0 Å². The molecule has 0 N–H and O–H groups in total. The van der Waals surface area contributed by atoms with E-state index in [1.54, 1.807) is 0 Å². The second-order valence-corrected chi connectivity index (χ2v) is 6.36. The van der Waals surface area contributed by atoms with Crippen molar-refractivity contribution in [2.75, 3.05) is 6.61 Å². The van der Waals surface area contributed by atoms with Crippen molar-refractivity contribution in [3.05, 3.63) is 84.2 Å². The molecule has 0 unspecified atom stereocenters. The van der Waals surface area contributed by atoms with Gasteiger partial charge in [0.1, 0.15) is 23.2 Å². The fraction of sp³-hybridized carbons (Fsp3) is 0.0909. The van der Waals surface area contributed by atoms with E-state index >= 15 is 0 Å². The number of halogens is 1. The standard InChI is InChI=1S/C22H18ClN3O/c1-2-3-15-27-18-11-9-16(10-12-18)21-24-20(23)19-13-14-26(22(19)25-21)17-7-5-4-6-8-17/h2-14H,15H2,1H3. The predicted molar refractivity (Wildman–Crippen MR) is 110 cm³/mol. The lowest BCUT2D eigenvalue weighted by Crippen LogP contribution is -1.97. The molecule has 5 heteroatoms. The van der Waals surface area contributed by atoms with Crippen LogP contribution >= 0.6 is 11.6 Å². The summed E-state index contributed by atoms with van der Waals surface area (Å²) in [6.07, 6.45) is 5.88. The van der Waals surface area contributed by atoms with Crippen molar-refractivity contribution >= 4 is 22.6 Å². The minimum absolute atomic E-state index is 0.443. The number of ether oxygens (including phenoxy) is 1. The molecule has 0 aliphatic rings. The van der Waals surface area contributed by atoms with Gasteiger partial charge in [0.2, 0.25) is 0 Å². The summed E-state index contributed by atoms with van der Waals surface area (Å²) < 4.78 is 7.65. The van der Waals surface area contributed by atoms with Crippen LogP contribution in [0, 0.1) is 0 Å². The van der Waals surface area contributed by atoms with Gasteiger partial charge < -0.3 is 9.30 Å². The maximum atomic E-state index is 6.43. The Morgan fingerprint density at radius 3 is 2.52 bits per heavy atom. The molecule has 27 heavy (non-hydrogen) atoms. The van der Waals surface area contributed by atoms with Gasteiger partial charge in [-0.3, -0.25) is 0 Å². The van der Waals surface area contributed by atoms with Crippen LogP contribution in [0.2, 0.25) is 5.15 Å². The minimum Gasteiger partial charge on any atom is -0.490 e. The fourth-order valence-electron chi connectivity index (χ4n) is 2.84. The lowest BCUT2D eigenvalue weighted by Gasteiger charge is -2.08. The normalized spacial score (nSPS) is 11.3. The van der Waals surface area contributed by atoms with E-state index in [0.29, 0.717) is 17.6 Å². The van der Waals surface area contributed by atoms with Crippen LogP contribution in [0.5, 0.6) is 5.75 Å². The maximum Gasteiger partial charge on any atom is 0.163 e. The highest BCUT2D eigenvalue weighted by atomic mass is 35.5. The van der Waals surface area contributed by atoms with Crippen LogP contribution in [0.1, 0.15) is 6.92 Å². The lowest BCUT2D eigenvalue weighted by molar-refractivity contribution is 0.363. The Morgan fingerprint density at radius 2 is 1.78 bits per heavy atom. The largest absolute Gasteiger partial charge is 0.490 e. The highest BCUT2D eigenvalue weighted by Crippen LogP contribution is 2.28. The molecular formula is C22H18ClN3O. The number of para-hydroxylation sites is 1. The first-order chi connectivity index (χ1) is 13.3. The smallest absolute Gasteiger partial charge is 0.163 e. The van der Waals surface area contributed by atoms with E-state index in [0.717, 1.165) is 28.0 Å². The Balaban J connectivity index is 1.72. The molecule has 0 fully saturated rings. The van der Waals surface area contributed by atoms with Gasteiger partial charge in [0.25, 0.3) is 0 Å². The molecule has 0 saturated carbocycles. The highest BCUT2D eigenvalue weighted by molar-refractivity contribution is 6.34. The van der Waals surface area contributed by atoms with E-state index in [4.69, 9.17) is 21.3 Å². The average molecular weight is 376 g/mol. The number of benzene rings is 2. The van der Waals surface area contributed by atoms with E-state index in [1.807, 2.05) is 90.5 Å². The topological polar surface area (TPSA) is 39.9 Å². The molecule has 0 amide bonds. The molecule has 4 nitrogen and oxygen atoms in total. The van der Waals surface area contributed by atoms with Crippen LogP contribution in [-0.2, 0) is 0 Å². The van der Waals surface area contributed by atoms with Crippen molar-refractivity contribution in [2.45, 2.75) is 6.92 Å². The van der Waals surface area contributed by atoms with Crippen molar-refractivity contribution in [1.29, 1.82) is 0 Å². The molecule has 0 spiro atoms. The Morgan fingerprint density at radius 1 is 1.00 bits per heavy atom. The zero-order valence-electron chi connectivity index (χ0n) is 14.8. The van der Waals surface area contributed by atoms with Gasteiger partial charge in [0, 0.05) is 17.4 Å². The zero-order chi connectivity index (χ0) is 18.6. The number of hydrogen-bond donors (Lipinski definition) is 0. The number of aromatic nitrogens is 3. The summed E-state index contributed by atoms with van der Waals surface area (Å²) in [6.45, 7) is 2.52.